The molecular formula is C20H26ClF3N6O2. The normalized spacial score (nSPS) is 14.1. The zero-order chi connectivity index (χ0) is 23.6. The van der Waals surface area contributed by atoms with Crippen molar-refractivity contribution in [3.8, 4) is 0 Å². The molecule has 176 valence electrons. The van der Waals surface area contributed by atoms with E-state index >= 15 is 0 Å². The highest BCUT2D eigenvalue weighted by Crippen LogP contribution is 2.46. The summed E-state index contributed by atoms with van der Waals surface area (Å²) in [5.41, 5.74) is -0.481. The molecule has 2 N–H and O–H groups in total. The van der Waals surface area contributed by atoms with Crippen molar-refractivity contribution in [2.45, 2.75) is 65.2 Å². The van der Waals surface area contributed by atoms with Gasteiger partial charge >= 0.3 is 6.18 Å². The monoisotopic (exact) mass is 474 g/mol. The van der Waals surface area contributed by atoms with Crippen molar-refractivity contribution in [2.75, 3.05) is 11.9 Å². The molecule has 0 bridgehead atoms. The summed E-state index contributed by atoms with van der Waals surface area (Å²) < 4.78 is 42.3. The van der Waals surface area contributed by atoms with Crippen molar-refractivity contribution in [1.82, 2.24) is 24.9 Å². The van der Waals surface area contributed by atoms with E-state index in [4.69, 9.17) is 11.6 Å². The van der Waals surface area contributed by atoms with Crippen LogP contribution in [0.25, 0.3) is 0 Å². The Balaban J connectivity index is 1.71. The van der Waals surface area contributed by atoms with Crippen molar-refractivity contribution in [1.29, 1.82) is 0 Å². The van der Waals surface area contributed by atoms with E-state index in [0.717, 1.165) is 12.8 Å². The smallest absolute Gasteiger partial charge is 0.350 e. The number of anilines is 1. The van der Waals surface area contributed by atoms with Gasteiger partial charge in [0.15, 0.2) is 11.4 Å². The van der Waals surface area contributed by atoms with Crippen LogP contribution in [-0.4, -0.2) is 37.9 Å². The maximum atomic E-state index is 13.2. The molecule has 12 heteroatoms. The van der Waals surface area contributed by atoms with E-state index in [1.54, 1.807) is 6.20 Å². The minimum atomic E-state index is -4.67. The fraction of sp³-hybridized carbons (Fsp3) is 0.600. The molecule has 0 saturated heterocycles. The Morgan fingerprint density at radius 3 is 2.53 bits per heavy atom. The van der Waals surface area contributed by atoms with E-state index in [1.165, 1.54) is 9.36 Å². The number of amides is 2. The first kappa shape index (κ1) is 24.1. The number of aromatic nitrogens is 4. The molecule has 32 heavy (non-hydrogen) atoms. The maximum absolute atomic E-state index is 13.2. The number of carbonyl (C=O) groups is 2. The molecule has 0 radical (unpaired) electrons. The van der Waals surface area contributed by atoms with Gasteiger partial charge in [-0.1, -0.05) is 25.4 Å². The summed E-state index contributed by atoms with van der Waals surface area (Å²) in [6.07, 6.45) is -1.79. The fourth-order valence-corrected chi connectivity index (χ4v) is 3.59. The van der Waals surface area contributed by atoms with Crippen LogP contribution in [0.5, 0.6) is 0 Å². The third-order valence-corrected chi connectivity index (χ3v) is 5.33. The Bertz CT molecular complexity index is 994. The Labute approximate surface area is 188 Å². The Kier molecular flexibility index (Phi) is 7.16. The lowest BCUT2D eigenvalue weighted by atomic mass is 10.2. The van der Waals surface area contributed by atoms with E-state index in [2.05, 4.69) is 20.8 Å². The molecule has 0 aromatic carbocycles. The topological polar surface area (TPSA) is 93.8 Å². The van der Waals surface area contributed by atoms with Gasteiger partial charge in [0.05, 0.1) is 22.9 Å². The van der Waals surface area contributed by atoms with Gasteiger partial charge in [0.1, 0.15) is 0 Å². The van der Waals surface area contributed by atoms with Crippen LogP contribution in [0.4, 0.5) is 18.9 Å². The molecule has 2 heterocycles. The van der Waals surface area contributed by atoms with Crippen LogP contribution in [0.15, 0.2) is 6.20 Å². The van der Waals surface area contributed by atoms with Gasteiger partial charge in [-0.15, -0.1) is 0 Å². The highest BCUT2D eigenvalue weighted by molar-refractivity contribution is 6.32. The van der Waals surface area contributed by atoms with Crippen LogP contribution < -0.4 is 10.6 Å². The van der Waals surface area contributed by atoms with E-state index in [1.807, 2.05) is 20.8 Å². The van der Waals surface area contributed by atoms with Crippen molar-refractivity contribution in [3.63, 3.8) is 0 Å². The molecule has 8 nitrogen and oxygen atoms in total. The van der Waals surface area contributed by atoms with E-state index in [-0.39, 0.29) is 36.2 Å². The summed E-state index contributed by atoms with van der Waals surface area (Å²) in [6, 6.07) is 0. The van der Waals surface area contributed by atoms with Gasteiger partial charge in [-0.2, -0.15) is 23.4 Å². The van der Waals surface area contributed by atoms with Gasteiger partial charge in [-0.25, -0.2) is 0 Å². The molecule has 1 aliphatic rings. The predicted molar refractivity (Wildman–Crippen MR) is 113 cm³/mol. The minimum absolute atomic E-state index is 0.0652. The quantitative estimate of drug-likeness (QED) is 0.573. The third-order valence-electron chi connectivity index (χ3n) is 4.96. The van der Waals surface area contributed by atoms with Crippen LogP contribution >= 0.6 is 11.6 Å². The molecule has 2 amide bonds. The lowest BCUT2D eigenvalue weighted by Gasteiger charge is -2.09. The van der Waals surface area contributed by atoms with Gasteiger partial charge < -0.3 is 10.6 Å². The molecule has 0 spiro atoms. The van der Waals surface area contributed by atoms with Crippen molar-refractivity contribution in [2.24, 2.45) is 5.92 Å². The third kappa shape index (κ3) is 5.62. The SMILES string of the molecule is CCn1cc(NC(=O)CCn2nc(C(F)(F)F)c(Cl)c2C2CC2)c(C(=O)NCC(C)C)n1. The number of halogens is 4. The number of aryl methyl sites for hydroxylation is 2. The molecular weight excluding hydrogens is 449 g/mol. The van der Waals surface area contributed by atoms with Gasteiger partial charge in [-0.05, 0) is 25.7 Å². The maximum Gasteiger partial charge on any atom is 0.436 e. The molecule has 2 aromatic rings. The Morgan fingerprint density at radius 1 is 1.28 bits per heavy atom. The van der Waals surface area contributed by atoms with Crippen LogP contribution in [0.1, 0.15) is 67.8 Å². The molecule has 3 rings (SSSR count). The van der Waals surface area contributed by atoms with Gasteiger partial charge in [0, 0.05) is 31.6 Å². The number of rotatable bonds is 9. The average Bonchev–Trinajstić information content (AvgIpc) is 3.36. The summed E-state index contributed by atoms with van der Waals surface area (Å²) in [7, 11) is 0. The molecule has 1 fully saturated rings. The summed E-state index contributed by atoms with van der Waals surface area (Å²) in [5, 5.41) is 12.8. The van der Waals surface area contributed by atoms with Crippen LogP contribution in [-0.2, 0) is 24.1 Å². The summed E-state index contributed by atoms with van der Waals surface area (Å²) in [6.45, 7) is 6.64. The second kappa shape index (κ2) is 9.51. The first-order valence-corrected chi connectivity index (χ1v) is 10.9. The first-order valence-electron chi connectivity index (χ1n) is 10.5. The summed E-state index contributed by atoms with van der Waals surface area (Å²) >= 11 is 5.96. The highest BCUT2D eigenvalue weighted by atomic mass is 35.5. The molecule has 2 aromatic heterocycles. The van der Waals surface area contributed by atoms with Gasteiger partial charge in [0.25, 0.3) is 5.91 Å². The lowest BCUT2D eigenvalue weighted by molar-refractivity contribution is -0.141. The standard InChI is InChI=1S/C20H26ClF3N6O2/c1-4-29-10-13(16(27-29)19(32)25-9-11(2)3)26-14(31)7-8-30-17(12-5-6-12)15(21)18(28-30)20(22,23)24/h10-12H,4-9H2,1-3H3,(H,25,32)(H,26,31). The second-order valence-corrected chi connectivity index (χ2v) is 8.57. The lowest BCUT2D eigenvalue weighted by Crippen LogP contribution is -2.29. The Morgan fingerprint density at radius 2 is 1.97 bits per heavy atom. The molecule has 0 atom stereocenters. The van der Waals surface area contributed by atoms with Crippen LogP contribution in [0.2, 0.25) is 5.02 Å². The van der Waals surface area contributed by atoms with Crippen molar-refractivity contribution >= 4 is 29.1 Å². The number of alkyl halides is 3. The largest absolute Gasteiger partial charge is 0.436 e. The average molecular weight is 475 g/mol. The number of nitrogens with zero attached hydrogens (tertiary/aromatic N) is 4. The first-order chi connectivity index (χ1) is 15.0. The molecule has 0 aliphatic heterocycles. The van der Waals surface area contributed by atoms with E-state index in [0.29, 0.717) is 18.8 Å². The molecule has 1 aliphatic carbocycles. The summed E-state index contributed by atoms with van der Waals surface area (Å²) in [5.74, 6) is -0.715. The van der Waals surface area contributed by atoms with Crippen LogP contribution in [0, 0.1) is 5.92 Å². The highest BCUT2D eigenvalue weighted by Gasteiger charge is 2.42. The zero-order valence-corrected chi connectivity index (χ0v) is 18.8. The fourth-order valence-electron chi connectivity index (χ4n) is 3.19. The predicted octanol–water partition coefficient (Wildman–Crippen LogP) is 4.06. The minimum Gasteiger partial charge on any atom is -0.350 e. The number of carbonyl (C=O) groups excluding carboxylic acids is 2. The van der Waals surface area contributed by atoms with Crippen molar-refractivity contribution < 1.29 is 22.8 Å². The van der Waals surface area contributed by atoms with E-state index in [9.17, 15) is 22.8 Å². The Hall–Kier alpha value is -2.56. The van der Waals surface area contributed by atoms with Gasteiger partial charge in [-0.3, -0.25) is 19.0 Å². The zero-order valence-electron chi connectivity index (χ0n) is 18.1. The second-order valence-electron chi connectivity index (χ2n) is 8.19. The van der Waals surface area contributed by atoms with Crippen LogP contribution in [0.3, 0.4) is 0 Å². The van der Waals surface area contributed by atoms with Gasteiger partial charge in [0.2, 0.25) is 5.91 Å². The van der Waals surface area contributed by atoms with Crippen molar-refractivity contribution in [3.05, 3.63) is 28.3 Å². The molecule has 1 saturated carbocycles. The summed E-state index contributed by atoms with van der Waals surface area (Å²) in [4.78, 5) is 25.0. The van der Waals surface area contributed by atoms with E-state index < -0.39 is 28.7 Å². The number of hydrogen-bond donors (Lipinski definition) is 2. The number of hydrogen-bond acceptors (Lipinski definition) is 4. The number of nitrogens with one attached hydrogen (secondary N) is 2. The molecule has 0 unspecified atom stereocenters.